The van der Waals surface area contributed by atoms with Crippen molar-refractivity contribution in [3.63, 3.8) is 0 Å². The number of nitrogens with zero attached hydrogens (tertiary/aromatic N) is 9. The Morgan fingerprint density at radius 3 is 1.54 bits per heavy atom. The van der Waals surface area contributed by atoms with Crippen molar-refractivity contribution >= 4 is 34.8 Å². The molecule has 0 radical (unpaired) electrons. The maximum atomic E-state index is 6.07. The normalized spacial score (nSPS) is 16.6. The number of piperazine rings is 2. The van der Waals surface area contributed by atoms with E-state index in [1.165, 1.54) is 0 Å². The SMILES string of the molecule is CC(c1cc(-c2cccc(Cl)c2)on1)N1CCN(c2ccccn2)CC1.CC(c1cc(-c2cccc(Cl)c2)on1)N1CCN(c2cnccn2)CC1. The zero-order valence-electron chi connectivity index (χ0n) is 29.2. The fourth-order valence-electron chi connectivity index (χ4n) is 6.57. The highest BCUT2D eigenvalue weighted by molar-refractivity contribution is 6.31. The molecule has 2 saturated heterocycles. The molecular formula is C39H41Cl2N9O2. The topological polar surface area (TPSA) is 104 Å². The molecule has 0 bridgehead atoms. The van der Waals surface area contributed by atoms with Gasteiger partial charge in [-0.05, 0) is 50.2 Å². The number of benzene rings is 2. The zero-order valence-corrected chi connectivity index (χ0v) is 30.7. The minimum absolute atomic E-state index is 0.190. The molecule has 2 aliphatic heterocycles. The molecule has 0 spiro atoms. The fraction of sp³-hybridized carbons (Fsp3) is 0.308. The van der Waals surface area contributed by atoms with Crippen LogP contribution in [0.2, 0.25) is 10.0 Å². The van der Waals surface area contributed by atoms with E-state index in [0.717, 1.165) is 98.0 Å². The van der Waals surface area contributed by atoms with E-state index in [2.05, 4.69) is 64.8 Å². The summed E-state index contributed by atoms with van der Waals surface area (Å²) in [6.45, 7) is 11.9. The Morgan fingerprint density at radius 1 is 0.558 bits per heavy atom. The summed E-state index contributed by atoms with van der Waals surface area (Å²) >= 11 is 12.1. The van der Waals surface area contributed by atoms with Gasteiger partial charge in [0, 0.05) is 104 Å². The number of pyridine rings is 1. The van der Waals surface area contributed by atoms with Gasteiger partial charge in [-0.15, -0.1) is 0 Å². The minimum atomic E-state index is 0.190. The second kappa shape index (κ2) is 16.7. The third-order valence-electron chi connectivity index (χ3n) is 9.70. The van der Waals surface area contributed by atoms with Crippen LogP contribution in [0.1, 0.15) is 37.3 Å². The molecule has 0 aliphatic carbocycles. The van der Waals surface area contributed by atoms with Gasteiger partial charge in [-0.1, -0.05) is 63.8 Å². The van der Waals surface area contributed by atoms with E-state index < -0.39 is 0 Å². The predicted molar refractivity (Wildman–Crippen MR) is 205 cm³/mol. The number of hydrogen-bond acceptors (Lipinski definition) is 11. The van der Waals surface area contributed by atoms with Crippen molar-refractivity contribution < 1.29 is 9.05 Å². The van der Waals surface area contributed by atoms with Gasteiger partial charge in [0.25, 0.3) is 0 Å². The van der Waals surface area contributed by atoms with Crippen molar-refractivity contribution in [2.45, 2.75) is 25.9 Å². The quantitative estimate of drug-likeness (QED) is 0.152. The van der Waals surface area contributed by atoms with Crippen LogP contribution in [-0.2, 0) is 0 Å². The molecule has 6 heterocycles. The Kier molecular flexibility index (Phi) is 11.4. The van der Waals surface area contributed by atoms with Crippen LogP contribution in [0.25, 0.3) is 22.6 Å². The van der Waals surface area contributed by atoms with Crippen molar-refractivity contribution in [3.05, 3.63) is 125 Å². The molecule has 11 nitrogen and oxygen atoms in total. The summed E-state index contributed by atoms with van der Waals surface area (Å²) in [7, 11) is 0. The van der Waals surface area contributed by atoms with E-state index in [9.17, 15) is 0 Å². The highest BCUT2D eigenvalue weighted by Gasteiger charge is 2.26. The summed E-state index contributed by atoms with van der Waals surface area (Å²) in [4.78, 5) is 22.4. The van der Waals surface area contributed by atoms with Crippen LogP contribution in [-0.4, -0.2) is 87.4 Å². The van der Waals surface area contributed by atoms with Crippen LogP contribution in [0, 0.1) is 0 Å². The first-order valence-corrected chi connectivity index (χ1v) is 18.3. The Bertz CT molecular complexity index is 1870. The molecular weight excluding hydrogens is 697 g/mol. The van der Waals surface area contributed by atoms with E-state index >= 15 is 0 Å². The summed E-state index contributed by atoms with van der Waals surface area (Å²) in [5, 5.41) is 9.95. The Labute approximate surface area is 313 Å². The van der Waals surface area contributed by atoms with Gasteiger partial charge in [0.1, 0.15) is 23.0 Å². The van der Waals surface area contributed by atoms with E-state index in [1.807, 2.05) is 85.2 Å². The first kappa shape index (κ1) is 35.6. The number of halogens is 2. The van der Waals surface area contributed by atoms with Crippen LogP contribution < -0.4 is 9.80 Å². The second-order valence-corrected chi connectivity index (χ2v) is 13.8. The molecule has 0 N–H and O–H groups in total. The van der Waals surface area contributed by atoms with Gasteiger partial charge >= 0.3 is 0 Å². The highest BCUT2D eigenvalue weighted by Crippen LogP contribution is 2.30. The Hall–Kier alpha value is -4.81. The maximum absolute atomic E-state index is 6.07. The van der Waals surface area contributed by atoms with Crippen molar-refractivity contribution in [2.24, 2.45) is 0 Å². The average molecular weight is 739 g/mol. The summed E-state index contributed by atoms with van der Waals surface area (Å²) in [5.41, 5.74) is 3.78. The van der Waals surface area contributed by atoms with E-state index in [4.69, 9.17) is 32.2 Å². The standard InChI is InChI=1S/C20H21ClN4O.C19H20ClN5O/c1-15(18-14-19(26-23-18)16-5-4-6-17(21)13-16)24-9-11-25(12-10-24)20-7-2-3-8-22-20;1-14(17-12-18(26-23-17)15-3-2-4-16(20)11-15)24-7-9-25(10-8-24)19-13-21-5-6-22-19/h2-8,13-15H,9-12H2,1H3;2-6,11-14H,7-10H2,1H3. The lowest BCUT2D eigenvalue weighted by atomic mass is 10.1. The van der Waals surface area contributed by atoms with Crippen LogP contribution in [0.15, 0.2) is 113 Å². The molecule has 268 valence electrons. The smallest absolute Gasteiger partial charge is 0.167 e. The minimum Gasteiger partial charge on any atom is -0.356 e. The lowest BCUT2D eigenvalue weighted by Crippen LogP contribution is -2.47. The lowest BCUT2D eigenvalue weighted by molar-refractivity contribution is 0.190. The summed E-state index contributed by atoms with van der Waals surface area (Å²) < 4.78 is 11.1. The summed E-state index contributed by atoms with van der Waals surface area (Å²) in [6.07, 6.45) is 7.09. The van der Waals surface area contributed by atoms with Crippen LogP contribution in [0.5, 0.6) is 0 Å². The Morgan fingerprint density at radius 2 is 1.08 bits per heavy atom. The van der Waals surface area contributed by atoms with Gasteiger partial charge in [-0.2, -0.15) is 0 Å². The highest BCUT2D eigenvalue weighted by atomic mass is 35.5. The van der Waals surface area contributed by atoms with E-state index in [0.29, 0.717) is 10.0 Å². The zero-order chi connectivity index (χ0) is 35.9. The fourth-order valence-corrected chi connectivity index (χ4v) is 6.95. The maximum Gasteiger partial charge on any atom is 0.167 e. The van der Waals surface area contributed by atoms with Gasteiger partial charge < -0.3 is 18.8 Å². The van der Waals surface area contributed by atoms with E-state index in [-0.39, 0.29) is 12.1 Å². The molecule has 2 fully saturated rings. The number of hydrogen-bond donors (Lipinski definition) is 0. The third kappa shape index (κ3) is 8.62. The lowest BCUT2D eigenvalue weighted by Gasteiger charge is -2.37. The summed E-state index contributed by atoms with van der Waals surface area (Å²) in [6, 6.07) is 25.7. The molecule has 52 heavy (non-hydrogen) atoms. The molecule has 2 unspecified atom stereocenters. The Balaban J connectivity index is 0.000000162. The van der Waals surface area contributed by atoms with Gasteiger partial charge in [-0.25, -0.2) is 9.97 Å². The summed E-state index contributed by atoms with van der Waals surface area (Å²) in [5.74, 6) is 3.47. The monoisotopic (exact) mass is 737 g/mol. The molecule has 0 amide bonds. The van der Waals surface area contributed by atoms with Gasteiger partial charge in [0.05, 0.1) is 18.3 Å². The first-order valence-electron chi connectivity index (χ1n) is 17.5. The average Bonchev–Trinajstić information content (AvgIpc) is 3.90. The number of aromatic nitrogens is 5. The molecule has 2 atom stereocenters. The second-order valence-electron chi connectivity index (χ2n) is 12.9. The molecule has 8 rings (SSSR count). The predicted octanol–water partition coefficient (Wildman–Crippen LogP) is 7.94. The van der Waals surface area contributed by atoms with Crippen LogP contribution in [0.4, 0.5) is 11.6 Å². The molecule has 4 aromatic heterocycles. The first-order chi connectivity index (χ1) is 25.4. The van der Waals surface area contributed by atoms with Crippen molar-refractivity contribution in [1.29, 1.82) is 0 Å². The van der Waals surface area contributed by atoms with Gasteiger partial charge in [0.15, 0.2) is 11.5 Å². The third-order valence-corrected chi connectivity index (χ3v) is 10.2. The van der Waals surface area contributed by atoms with Gasteiger partial charge in [0.2, 0.25) is 0 Å². The van der Waals surface area contributed by atoms with Crippen molar-refractivity contribution in [3.8, 4) is 22.6 Å². The largest absolute Gasteiger partial charge is 0.356 e. The number of anilines is 2. The van der Waals surface area contributed by atoms with Crippen LogP contribution >= 0.6 is 23.2 Å². The molecule has 2 aromatic carbocycles. The van der Waals surface area contributed by atoms with Crippen LogP contribution in [0.3, 0.4) is 0 Å². The van der Waals surface area contributed by atoms with Crippen molar-refractivity contribution in [2.75, 3.05) is 62.2 Å². The molecule has 0 saturated carbocycles. The molecule has 2 aliphatic rings. The number of rotatable bonds is 8. The van der Waals surface area contributed by atoms with Gasteiger partial charge in [-0.3, -0.25) is 14.8 Å². The van der Waals surface area contributed by atoms with E-state index in [1.54, 1.807) is 12.4 Å². The van der Waals surface area contributed by atoms with Crippen molar-refractivity contribution in [1.82, 2.24) is 35.1 Å². The molecule has 6 aromatic rings. The molecule has 13 heteroatoms.